The van der Waals surface area contributed by atoms with Gasteiger partial charge in [0.15, 0.2) is 0 Å². The van der Waals surface area contributed by atoms with Crippen LogP contribution >= 0.6 is 11.3 Å². The van der Waals surface area contributed by atoms with Gasteiger partial charge in [-0.1, -0.05) is 0 Å². The molecular formula is C14H18N4O3S2. The summed E-state index contributed by atoms with van der Waals surface area (Å²) in [6.45, 7) is 2.48. The number of aryl methyl sites for hydroxylation is 1. The van der Waals surface area contributed by atoms with Crippen LogP contribution in [0.5, 0.6) is 0 Å². The molecule has 0 aliphatic carbocycles. The Bertz CT molecular complexity index is 864. The first kappa shape index (κ1) is 16.3. The molecule has 3 rings (SSSR count). The molecule has 0 radical (unpaired) electrons. The Labute approximate surface area is 138 Å². The summed E-state index contributed by atoms with van der Waals surface area (Å²) in [5.74, 6) is 0. The zero-order valence-corrected chi connectivity index (χ0v) is 14.6. The minimum absolute atomic E-state index is 0.200. The number of hydrogen-bond donors (Lipinski definition) is 0. The number of aromatic nitrogens is 2. The smallest absolute Gasteiger partial charge is 0.266 e. The third-order valence-corrected chi connectivity index (χ3v) is 7.20. The number of rotatable bonds is 3. The fourth-order valence-electron chi connectivity index (χ4n) is 2.40. The maximum absolute atomic E-state index is 12.7. The van der Waals surface area contributed by atoms with E-state index in [-0.39, 0.29) is 5.56 Å². The third-order valence-electron chi connectivity index (χ3n) is 3.89. The third kappa shape index (κ3) is 3.23. The van der Waals surface area contributed by atoms with Crippen molar-refractivity contribution in [2.75, 3.05) is 33.2 Å². The van der Waals surface area contributed by atoms with Crippen molar-refractivity contribution in [1.29, 1.82) is 0 Å². The van der Waals surface area contributed by atoms with Crippen LogP contribution in [0, 0.1) is 0 Å². The second kappa shape index (κ2) is 6.16. The Morgan fingerprint density at radius 2 is 1.83 bits per heavy atom. The molecule has 1 aliphatic rings. The van der Waals surface area contributed by atoms with E-state index >= 15 is 0 Å². The second-order valence-corrected chi connectivity index (χ2v) is 8.62. The van der Waals surface area contributed by atoms with E-state index in [9.17, 15) is 13.2 Å². The van der Waals surface area contributed by atoms with E-state index in [4.69, 9.17) is 0 Å². The van der Waals surface area contributed by atoms with Gasteiger partial charge in [-0.2, -0.15) is 9.40 Å². The number of likely N-dealkylation sites (N-methyl/N-ethyl adjacent to an activating group) is 1. The Kier molecular flexibility index (Phi) is 4.37. The Morgan fingerprint density at radius 3 is 2.48 bits per heavy atom. The average molecular weight is 354 g/mol. The largest absolute Gasteiger partial charge is 0.304 e. The van der Waals surface area contributed by atoms with Crippen molar-refractivity contribution in [2.24, 2.45) is 7.05 Å². The molecule has 0 spiro atoms. The van der Waals surface area contributed by atoms with E-state index in [2.05, 4.69) is 10.00 Å². The highest BCUT2D eigenvalue weighted by atomic mass is 32.2. The summed E-state index contributed by atoms with van der Waals surface area (Å²) in [7, 11) is 0.0922. The summed E-state index contributed by atoms with van der Waals surface area (Å²) in [5, 5.41) is 5.92. The molecule has 1 aliphatic heterocycles. The Morgan fingerprint density at radius 1 is 1.13 bits per heavy atom. The SMILES string of the molecule is CN1CCN(S(=O)(=O)c2cc(-c3ccc(=O)n(C)n3)cs2)CC1. The first-order chi connectivity index (χ1) is 10.9. The van der Waals surface area contributed by atoms with Gasteiger partial charge in [-0.05, 0) is 19.2 Å². The first-order valence-electron chi connectivity index (χ1n) is 7.20. The van der Waals surface area contributed by atoms with Crippen molar-refractivity contribution in [1.82, 2.24) is 19.0 Å². The zero-order valence-electron chi connectivity index (χ0n) is 13.0. The van der Waals surface area contributed by atoms with Crippen LogP contribution in [-0.2, 0) is 17.1 Å². The van der Waals surface area contributed by atoms with Crippen molar-refractivity contribution in [2.45, 2.75) is 4.21 Å². The standard InChI is InChI=1S/C14H18N4O3S2/c1-16-5-7-18(8-6-16)23(20,21)14-9-11(10-22-14)12-3-4-13(19)17(2)15-12/h3-4,9-10H,5-8H2,1-2H3. The van der Waals surface area contributed by atoms with E-state index in [0.717, 1.165) is 13.1 Å². The molecule has 124 valence electrons. The number of nitrogens with zero attached hydrogens (tertiary/aromatic N) is 4. The molecule has 0 unspecified atom stereocenters. The van der Waals surface area contributed by atoms with Gasteiger partial charge in [0.1, 0.15) is 4.21 Å². The van der Waals surface area contributed by atoms with Crippen molar-refractivity contribution < 1.29 is 8.42 Å². The maximum atomic E-state index is 12.7. The van der Waals surface area contributed by atoms with E-state index in [1.807, 2.05) is 7.05 Å². The summed E-state index contributed by atoms with van der Waals surface area (Å²) in [5.41, 5.74) is 1.09. The minimum atomic E-state index is -3.46. The summed E-state index contributed by atoms with van der Waals surface area (Å²) in [6.07, 6.45) is 0. The molecule has 0 amide bonds. The lowest BCUT2D eigenvalue weighted by Gasteiger charge is -2.31. The highest BCUT2D eigenvalue weighted by molar-refractivity contribution is 7.91. The lowest BCUT2D eigenvalue weighted by Crippen LogP contribution is -2.46. The van der Waals surface area contributed by atoms with Gasteiger partial charge in [0.2, 0.25) is 0 Å². The second-order valence-electron chi connectivity index (χ2n) is 5.54. The van der Waals surface area contributed by atoms with Gasteiger partial charge in [-0.25, -0.2) is 13.1 Å². The normalized spacial score (nSPS) is 17.5. The molecule has 7 nitrogen and oxygen atoms in total. The Balaban J connectivity index is 1.89. The molecule has 2 aromatic rings. The Hall–Kier alpha value is -1.55. The number of sulfonamides is 1. The highest BCUT2D eigenvalue weighted by Crippen LogP contribution is 2.29. The van der Waals surface area contributed by atoms with Crippen LogP contribution in [-0.4, -0.2) is 60.6 Å². The van der Waals surface area contributed by atoms with Gasteiger partial charge in [0, 0.05) is 50.2 Å². The van der Waals surface area contributed by atoms with Crippen LogP contribution < -0.4 is 5.56 Å². The van der Waals surface area contributed by atoms with Crippen molar-refractivity contribution in [3.05, 3.63) is 33.9 Å². The minimum Gasteiger partial charge on any atom is -0.304 e. The molecule has 0 N–H and O–H groups in total. The van der Waals surface area contributed by atoms with Gasteiger partial charge in [-0.3, -0.25) is 4.79 Å². The predicted molar refractivity (Wildman–Crippen MR) is 89.0 cm³/mol. The van der Waals surface area contributed by atoms with Crippen LogP contribution in [0.2, 0.25) is 0 Å². The van der Waals surface area contributed by atoms with E-state index < -0.39 is 10.0 Å². The molecule has 0 saturated carbocycles. The van der Waals surface area contributed by atoms with Crippen LogP contribution in [0.25, 0.3) is 11.3 Å². The molecule has 0 bridgehead atoms. The molecular weight excluding hydrogens is 336 g/mol. The molecule has 1 fully saturated rings. The summed E-state index contributed by atoms with van der Waals surface area (Å²) in [6, 6.07) is 4.66. The van der Waals surface area contributed by atoms with E-state index in [1.165, 1.54) is 26.4 Å². The number of piperazine rings is 1. The van der Waals surface area contributed by atoms with Gasteiger partial charge in [0.05, 0.1) is 5.69 Å². The van der Waals surface area contributed by atoms with Crippen molar-refractivity contribution >= 4 is 21.4 Å². The predicted octanol–water partition coefficient (Wildman–Crippen LogP) is 0.445. The van der Waals surface area contributed by atoms with Crippen LogP contribution in [0.4, 0.5) is 0 Å². The van der Waals surface area contributed by atoms with E-state index in [1.54, 1.807) is 24.6 Å². The first-order valence-corrected chi connectivity index (χ1v) is 9.52. The molecule has 23 heavy (non-hydrogen) atoms. The van der Waals surface area contributed by atoms with Crippen molar-refractivity contribution in [3.63, 3.8) is 0 Å². The highest BCUT2D eigenvalue weighted by Gasteiger charge is 2.28. The molecule has 2 aromatic heterocycles. The lowest BCUT2D eigenvalue weighted by atomic mass is 10.2. The van der Waals surface area contributed by atoms with Gasteiger partial charge in [-0.15, -0.1) is 11.3 Å². The summed E-state index contributed by atoms with van der Waals surface area (Å²) >= 11 is 1.19. The van der Waals surface area contributed by atoms with Crippen LogP contribution in [0.15, 0.2) is 32.6 Å². The number of hydrogen-bond acceptors (Lipinski definition) is 6. The van der Waals surface area contributed by atoms with E-state index in [0.29, 0.717) is 28.6 Å². The fourth-order valence-corrected chi connectivity index (χ4v) is 5.15. The molecule has 0 aromatic carbocycles. The van der Waals surface area contributed by atoms with Gasteiger partial charge < -0.3 is 4.90 Å². The van der Waals surface area contributed by atoms with Gasteiger partial charge in [0.25, 0.3) is 15.6 Å². The molecule has 1 saturated heterocycles. The zero-order chi connectivity index (χ0) is 16.6. The van der Waals surface area contributed by atoms with Crippen LogP contribution in [0.1, 0.15) is 0 Å². The fraction of sp³-hybridized carbons (Fsp3) is 0.429. The lowest BCUT2D eigenvalue weighted by molar-refractivity contribution is 0.222. The number of thiophene rings is 1. The summed E-state index contributed by atoms with van der Waals surface area (Å²) < 4.78 is 28.5. The maximum Gasteiger partial charge on any atom is 0.266 e. The van der Waals surface area contributed by atoms with Crippen LogP contribution in [0.3, 0.4) is 0 Å². The average Bonchev–Trinajstić information content (AvgIpc) is 3.01. The quantitative estimate of drug-likeness (QED) is 0.800. The molecule has 3 heterocycles. The molecule has 9 heteroatoms. The monoisotopic (exact) mass is 354 g/mol. The topological polar surface area (TPSA) is 75.5 Å². The summed E-state index contributed by atoms with van der Waals surface area (Å²) in [4.78, 5) is 13.5. The van der Waals surface area contributed by atoms with Gasteiger partial charge >= 0.3 is 0 Å². The molecule has 0 atom stereocenters. The van der Waals surface area contributed by atoms with Crippen molar-refractivity contribution in [3.8, 4) is 11.3 Å².